The van der Waals surface area contributed by atoms with Crippen molar-refractivity contribution in [2.24, 2.45) is 0 Å². The van der Waals surface area contributed by atoms with Crippen LogP contribution >= 0.6 is 11.8 Å². The molecule has 0 amide bonds. The van der Waals surface area contributed by atoms with E-state index in [4.69, 9.17) is 14.2 Å². The number of nitrogens with zero attached hydrogens (tertiary/aromatic N) is 1. The summed E-state index contributed by atoms with van der Waals surface area (Å²) in [7, 11) is 0. The van der Waals surface area contributed by atoms with Crippen LogP contribution in [0.15, 0.2) is 94.9 Å². The highest BCUT2D eigenvalue weighted by molar-refractivity contribution is 7.99. The Morgan fingerprint density at radius 2 is 1.70 bits per heavy atom. The Morgan fingerprint density at radius 3 is 2.38 bits per heavy atom. The Balaban J connectivity index is 1.58. The molecule has 9 heteroatoms. The van der Waals surface area contributed by atoms with Crippen molar-refractivity contribution in [1.82, 2.24) is 4.98 Å². The first-order chi connectivity index (χ1) is 19.2. The number of pyridine rings is 1. The molecule has 1 heterocycles. The van der Waals surface area contributed by atoms with Gasteiger partial charge in [-0.1, -0.05) is 41.8 Å². The van der Waals surface area contributed by atoms with E-state index >= 15 is 0 Å². The van der Waals surface area contributed by atoms with Crippen molar-refractivity contribution in [3.05, 3.63) is 107 Å². The summed E-state index contributed by atoms with van der Waals surface area (Å²) in [6.45, 7) is 3.71. The van der Waals surface area contributed by atoms with Crippen molar-refractivity contribution in [2.45, 2.75) is 29.8 Å². The van der Waals surface area contributed by atoms with E-state index < -0.39 is 17.7 Å². The summed E-state index contributed by atoms with van der Waals surface area (Å²) in [5, 5.41) is 0. The quantitative estimate of drug-likeness (QED) is 0.162. The monoisotopic (exact) mass is 563 g/mol. The van der Waals surface area contributed by atoms with Gasteiger partial charge in [-0.25, -0.2) is 9.78 Å². The molecule has 0 unspecified atom stereocenters. The zero-order chi connectivity index (χ0) is 28.5. The number of rotatable bonds is 8. The minimum Gasteiger partial charge on any atom is -0.482 e. The molecule has 40 heavy (non-hydrogen) atoms. The highest BCUT2D eigenvalue weighted by Gasteiger charge is 2.30. The molecule has 0 aliphatic rings. The largest absolute Gasteiger partial charge is 0.482 e. The lowest BCUT2D eigenvalue weighted by Gasteiger charge is -2.12. The number of carbonyl (C=O) groups excluding carboxylic acids is 1. The van der Waals surface area contributed by atoms with Gasteiger partial charge < -0.3 is 14.2 Å². The van der Waals surface area contributed by atoms with Crippen molar-refractivity contribution >= 4 is 17.7 Å². The number of hydrogen-bond donors (Lipinski definition) is 0. The van der Waals surface area contributed by atoms with Gasteiger partial charge in [0.25, 0.3) is 0 Å². The van der Waals surface area contributed by atoms with E-state index in [1.54, 1.807) is 25.1 Å². The topological polar surface area (TPSA) is 57.7 Å². The van der Waals surface area contributed by atoms with Crippen LogP contribution in [0.5, 0.6) is 17.4 Å². The van der Waals surface area contributed by atoms with Crippen molar-refractivity contribution in [3.63, 3.8) is 0 Å². The van der Waals surface area contributed by atoms with Gasteiger partial charge in [-0.15, -0.1) is 0 Å². The van der Waals surface area contributed by atoms with Crippen LogP contribution in [0.25, 0.3) is 0 Å². The second-order valence-corrected chi connectivity index (χ2v) is 9.56. The highest BCUT2D eigenvalue weighted by atomic mass is 32.2. The number of halogens is 3. The maximum atomic E-state index is 12.9. The first-order valence-electron chi connectivity index (χ1n) is 12.2. The second-order valence-electron chi connectivity index (χ2n) is 8.42. The first-order valence-corrected chi connectivity index (χ1v) is 13.0. The van der Waals surface area contributed by atoms with Crippen LogP contribution in [0, 0.1) is 18.8 Å². The summed E-state index contributed by atoms with van der Waals surface area (Å²) >= 11 is 1.45. The van der Waals surface area contributed by atoms with Crippen molar-refractivity contribution in [1.29, 1.82) is 0 Å². The molecule has 5 nitrogen and oxygen atoms in total. The average Bonchev–Trinajstić information content (AvgIpc) is 2.92. The number of benzene rings is 3. The number of aromatic nitrogens is 1. The molecule has 0 atom stereocenters. The molecule has 0 spiro atoms. The van der Waals surface area contributed by atoms with Gasteiger partial charge in [0.1, 0.15) is 11.5 Å². The number of hydrogen-bond acceptors (Lipinski definition) is 6. The van der Waals surface area contributed by atoms with Crippen LogP contribution in [-0.2, 0) is 15.7 Å². The maximum absolute atomic E-state index is 12.9. The Bertz CT molecular complexity index is 1530. The smallest absolute Gasteiger partial charge is 0.417 e. The van der Waals surface area contributed by atoms with Gasteiger partial charge in [0.2, 0.25) is 5.88 Å². The van der Waals surface area contributed by atoms with E-state index in [0.717, 1.165) is 33.2 Å². The van der Waals surface area contributed by atoms with Crippen LogP contribution in [0.1, 0.15) is 29.2 Å². The lowest BCUT2D eigenvalue weighted by atomic mass is 10.2. The lowest BCUT2D eigenvalue weighted by molar-refractivity contribution is -0.145. The third kappa shape index (κ3) is 8.29. The maximum Gasteiger partial charge on any atom is 0.417 e. The van der Waals surface area contributed by atoms with Crippen LogP contribution in [0.2, 0.25) is 0 Å². The molecule has 0 saturated heterocycles. The predicted octanol–water partition coefficient (Wildman–Crippen LogP) is 7.69. The summed E-state index contributed by atoms with van der Waals surface area (Å²) in [6, 6.07) is 22.5. The Kier molecular flexibility index (Phi) is 9.35. The fourth-order valence-electron chi connectivity index (χ4n) is 3.48. The van der Waals surface area contributed by atoms with E-state index in [0.29, 0.717) is 17.1 Å². The number of alkyl halides is 3. The summed E-state index contributed by atoms with van der Waals surface area (Å²) in [5.74, 6) is 6.76. The van der Waals surface area contributed by atoms with Crippen molar-refractivity contribution in [2.75, 3.05) is 13.2 Å². The number of aryl methyl sites for hydroxylation is 1. The van der Waals surface area contributed by atoms with Gasteiger partial charge in [0.05, 0.1) is 12.2 Å². The first kappa shape index (κ1) is 28.6. The zero-order valence-corrected chi connectivity index (χ0v) is 22.4. The van der Waals surface area contributed by atoms with Gasteiger partial charge in [-0.05, 0) is 74.0 Å². The minimum atomic E-state index is -4.49. The number of carbonyl (C=O) groups is 1. The van der Waals surface area contributed by atoms with Crippen LogP contribution in [0.4, 0.5) is 13.2 Å². The standard InChI is InChI=1S/C31H24F3NO4S/c1-3-37-30(36)20-38-28-13-12-26(15-21(28)2)40-27-17-23(10-9-22-7-5-4-6-8-22)16-25(18-27)39-29-14-11-24(19-35-29)31(32,33)34/h4-8,11-19H,3,20H2,1-2H3. The lowest BCUT2D eigenvalue weighted by Crippen LogP contribution is -2.14. The highest BCUT2D eigenvalue weighted by Crippen LogP contribution is 2.35. The zero-order valence-electron chi connectivity index (χ0n) is 21.6. The molecular formula is C31H24F3NO4S. The molecule has 4 aromatic rings. The van der Waals surface area contributed by atoms with E-state index in [-0.39, 0.29) is 19.1 Å². The molecule has 0 aliphatic heterocycles. The second kappa shape index (κ2) is 13.1. The molecule has 0 radical (unpaired) electrons. The van der Waals surface area contributed by atoms with Gasteiger partial charge in [-0.3, -0.25) is 0 Å². The molecule has 4 rings (SSSR count). The Morgan fingerprint density at radius 1 is 0.925 bits per heavy atom. The molecular weight excluding hydrogens is 539 g/mol. The van der Waals surface area contributed by atoms with Gasteiger partial charge in [-0.2, -0.15) is 13.2 Å². The third-order valence-corrected chi connectivity index (χ3v) is 6.29. The minimum absolute atomic E-state index is 0.0241. The molecule has 0 saturated carbocycles. The van der Waals surface area contributed by atoms with Gasteiger partial charge in [0, 0.05) is 33.2 Å². The fourth-order valence-corrected chi connectivity index (χ4v) is 4.48. The summed E-state index contributed by atoms with van der Waals surface area (Å²) in [4.78, 5) is 17.1. The van der Waals surface area contributed by atoms with Gasteiger partial charge in [0.15, 0.2) is 6.61 Å². The van der Waals surface area contributed by atoms with Crippen molar-refractivity contribution in [3.8, 4) is 29.2 Å². The van der Waals surface area contributed by atoms with E-state index in [9.17, 15) is 18.0 Å². The molecule has 0 bridgehead atoms. The van der Waals surface area contributed by atoms with Crippen LogP contribution in [0.3, 0.4) is 0 Å². The summed E-state index contributed by atoms with van der Waals surface area (Å²) in [5.41, 5.74) is 1.46. The predicted molar refractivity (Wildman–Crippen MR) is 146 cm³/mol. The van der Waals surface area contributed by atoms with Crippen molar-refractivity contribution < 1.29 is 32.2 Å². The summed E-state index contributed by atoms with van der Waals surface area (Å²) in [6.07, 6.45) is -3.75. The third-order valence-electron chi connectivity index (χ3n) is 5.32. The van der Waals surface area contributed by atoms with E-state index in [1.165, 1.54) is 17.8 Å². The fraction of sp³-hybridized carbons (Fsp3) is 0.161. The molecule has 1 aromatic heterocycles. The molecule has 0 fully saturated rings. The van der Waals surface area contributed by atoms with Crippen LogP contribution in [-0.4, -0.2) is 24.2 Å². The average molecular weight is 564 g/mol. The molecule has 204 valence electrons. The Hall–Kier alpha value is -4.42. The van der Waals surface area contributed by atoms with E-state index in [2.05, 4.69) is 16.8 Å². The number of esters is 1. The molecule has 3 aromatic carbocycles. The SMILES string of the molecule is CCOC(=O)COc1ccc(Sc2cc(C#Cc3ccccc3)cc(Oc3ccc(C(F)(F)F)cn3)c2)cc1C. The summed E-state index contributed by atoms with van der Waals surface area (Å²) < 4.78 is 55.0. The Labute approximate surface area is 234 Å². The number of ether oxygens (including phenoxy) is 3. The normalized spacial score (nSPS) is 10.8. The molecule has 0 aliphatic carbocycles. The van der Waals surface area contributed by atoms with Gasteiger partial charge >= 0.3 is 12.1 Å². The van der Waals surface area contributed by atoms with Crippen LogP contribution < -0.4 is 9.47 Å². The molecule has 0 N–H and O–H groups in total. The van der Waals surface area contributed by atoms with E-state index in [1.807, 2.05) is 55.5 Å².